The van der Waals surface area contributed by atoms with E-state index in [2.05, 4.69) is 5.32 Å². The van der Waals surface area contributed by atoms with Crippen molar-refractivity contribution in [3.05, 3.63) is 95.4 Å². The number of rotatable bonds is 4. The molecular weight excluding hydrogens is 363 g/mol. The van der Waals surface area contributed by atoms with Gasteiger partial charge in [-0.25, -0.2) is 4.39 Å². The second-order valence-electron chi connectivity index (χ2n) is 7.14. The Morgan fingerprint density at radius 1 is 0.966 bits per heavy atom. The van der Waals surface area contributed by atoms with Crippen LogP contribution >= 0.6 is 0 Å². The highest BCUT2D eigenvalue weighted by atomic mass is 19.1. The molecule has 3 aromatic carbocycles. The summed E-state index contributed by atoms with van der Waals surface area (Å²) in [4.78, 5) is 17.5. The SMILES string of the molecule is Cc1ccc(F)c(NC(=O)Cc2c(C)nc3ccccc3c2-c2ccccc2)c1. The van der Waals surface area contributed by atoms with Crippen molar-refractivity contribution in [3.8, 4) is 11.1 Å². The van der Waals surface area contributed by atoms with Crippen LogP contribution in [0.15, 0.2) is 72.8 Å². The van der Waals surface area contributed by atoms with Crippen molar-refractivity contribution in [1.82, 2.24) is 4.98 Å². The van der Waals surface area contributed by atoms with E-state index in [1.807, 2.05) is 68.4 Å². The zero-order valence-corrected chi connectivity index (χ0v) is 16.4. The van der Waals surface area contributed by atoms with Crippen molar-refractivity contribution in [3.63, 3.8) is 0 Å². The Bertz CT molecular complexity index is 1200. The molecule has 0 saturated heterocycles. The average Bonchev–Trinajstić information content (AvgIpc) is 2.72. The Hall–Kier alpha value is -3.53. The van der Waals surface area contributed by atoms with Crippen LogP contribution in [0, 0.1) is 19.7 Å². The van der Waals surface area contributed by atoms with Gasteiger partial charge in [0.25, 0.3) is 0 Å². The van der Waals surface area contributed by atoms with Gasteiger partial charge in [-0.3, -0.25) is 9.78 Å². The van der Waals surface area contributed by atoms with Crippen LogP contribution in [-0.2, 0) is 11.2 Å². The number of carbonyl (C=O) groups is 1. The lowest BCUT2D eigenvalue weighted by Gasteiger charge is -2.16. The number of anilines is 1. The van der Waals surface area contributed by atoms with Crippen molar-refractivity contribution in [2.24, 2.45) is 0 Å². The number of amides is 1. The highest BCUT2D eigenvalue weighted by Crippen LogP contribution is 2.33. The van der Waals surface area contributed by atoms with Crippen molar-refractivity contribution in [2.45, 2.75) is 20.3 Å². The minimum absolute atomic E-state index is 0.112. The van der Waals surface area contributed by atoms with Crippen LogP contribution in [0.25, 0.3) is 22.0 Å². The maximum absolute atomic E-state index is 14.1. The smallest absolute Gasteiger partial charge is 0.228 e. The van der Waals surface area contributed by atoms with E-state index < -0.39 is 5.82 Å². The third-order valence-corrected chi connectivity index (χ3v) is 5.00. The lowest BCUT2D eigenvalue weighted by atomic mass is 9.92. The number of hydrogen-bond acceptors (Lipinski definition) is 2. The number of hydrogen-bond donors (Lipinski definition) is 1. The van der Waals surface area contributed by atoms with Gasteiger partial charge in [0.2, 0.25) is 5.91 Å². The van der Waals surface area contributed by atoms with E-state index in [1.54, 1.807) is 12.1 Å². The molecule has 0 unspecified atom stereocenters. The summed E-state index contributed by atoms with van der Waals surface area (Å²) in [7, 11) is 0. The summed E-state index contributed by atoms with van der Waals surface area (Å²) < 4.78 is 14.1. The van der Waals surface area contributed by atoms with Gasteiger partial charge in [-0.15, -0.1) is 0 Å². The van der Waals surface area contributed by atoms with Gasteiger partial charge in [-0.05, 0) is 54.3 Å². The standard InChI is InChI=1S/C25H21FN2O/c1-16-12-13-21(26)23(14-16)28-24(29)15-20-17(2)27-22-11-7-6-10-19(22)25(20)18-8-4-3-5-9-18/h3-14H,15H2,1-2H3,(H,28,29). The molecular formula is C25H21FN2O. The predicted molar refractivity (Wildman–Crippen MR) is 115 cm³/mol. The van der Waals surface area contributed by atoms with Gasteiger partial charge in [0, 0.05) is 11.1 Å². The minimum Gasteiger partial charge on any atom is -0.323 e. The molecule has 144 valence electrons. The lowest BCUT2D eigenvalue weighted by molar-refractivity contribution is -0.115. The van der Waals surface area contributed by atoms with Gasteiger partial charge in [0.05, 0.1) is 17.6 Å². The molecule has 0 spiro atoms. The first kappa shape index (κ1) is 18.8. The molecule has 1 aromatic heterocycles. The number of pyridine rings is 1. The van der Waals surface area contributed by atoms with E-state index in [0.29, 0.717) is 0 Å². The fourth-order valence-corrected chi connectivity index (χ4v) is 3.61. The number of aryl methyl sites for hydroxylation is 2. The van der Waals surface area contributed by atoms with Crippen molar-refractivity contribution in [2.75, 3.05) is 5.32 Å². The molecule has 29 heavy (non-hydrogen) atoms. The van der Waals surface area contributed by atoms with E-state index >= 15 is 0 Å². The third-order valence-electron chi connectivity index (χ3n) is 5.00. The molecule has 4 heteroatoms. The highest BCUT2D eigenvalue weighted by Gasteiger charge is 2.18. The van der Waals surface area contributed by atoms with Gasteiger partial charge >= 0.3 is 0 Å². The average molecular weight is 384 g/mol. The van der Waals surface area contributed by atoms with Crippen LogP contribution in [0.1, 0.15) is 16.8 Å². The molecule has 1 amide bonds. The summed E-state index contributed by atoms with van der Waals surface area (Å²) >= 11 is 0. The largest absolute Gasteiger partial charge is 0.323 e. The topological polar surface area (TPSA) is 42.0 Å². The van der Waals surface area contributed by atoms with Gasteiger partial charge in [-0.1, -0.05) is 54.6 Å². The predicted octanol–water partition coefficient (Wildman–Crippen LogP) is 5.84. The molecule has 1 N–H and O–H groups in total. The lowest BCUT2D eigenvalue weighted by Crippen LogP contribution is -2.17. The molecule has 0 atom stereocenters. The summed E-state index contributed by atoms with van der Waals surface area (Å²) in [5.74, 6) is -0.715. The molecule has 4 aromatic rings. The monoisotopic (exact) mass is 384 g/mol. The second kappa shape index (κ2) is 7.84. The van der Waals surface area contributed by atoms with Crippen molar-refractivity contribution < 1.29 is 9.18 Å². The first-order valence-corrected chi connectivity index (χ1v) is 9.52. The number of para-hydroxylation sites is 1. The minimum atomic E-state index is -0.444. The van der Waals surface area contributed by atoms with Crippen molar-refractivity contribution in [1.29, 1.82) is 0 Å². The molecule has 0 aliphatic carbocycles. The number of halogens is 1. The van der Waals surface area contributed by atoms with Crippen molar-refractivity contribution >= 4 is 22.5 Å². The van der Waals surface area contributed by atoms with Gasteiger partial charge < -0.3 is 5.32 Å². The van der Waals surface area contributed by atoms with E-state index in [0.717, 1.165) is 38.9 Å². The maximum Gasteiger partial charge on any atom is 0.228 e. The van der Waals surface area contributed by atoms with E-state index in [-0.39, 0.29) is 18.0 Å². The molecule has 0 aliphatic rings. The molecule has 0 bridgehead atoms. The van der Waals surface area contributed by atoms with E-state index in [9.17, 15) is 9.18 Å². The van der Waals surface area contributed by atoms with Gasteiger partial charge in [0.1, 0.15) is 5.82 Å². The molecule has 0 aliphatic heterocycles. The summed E-state index contributed by atoms with van der Waals surface area (Å²) in [6.45, 7) is 3.77. The van der Waals surface area contributed by atoms with E-state index in [1.165, 1.54) is 6.07 Å². The normalized spacial score (nSPS) is 10.9. The van der Waals surface area contributed by atoms with Crippen LogP contribution in [-0.4, -0.2) is 10.9 Å². The van der Waals surface area contributed by atoms with Gasteiger partial charge in [0.15, 0.2) is 0 Å². The third kappa shape index (κ3) is 3.87. The van der Waals surface area contributed by atoms with Crippen LogP contribution < -0.4 is 5.32 Å². The van der Waals surface area contributed by atoms with Crippen LogP contribution in [0.2, 0.25) is 0 Å². The molecule has 0 saturated carbocycles. The molecule has 3 nitrogen and oxygen atoms in total. The number of fused-ring (bicyclic) bond motifs is 1. The fraction of sp³-hybridized carbons (Fsp3) is 0.120. The summed E-state index contributed by atoms with van der Waals surface area (Å²) in [6.07, 6.45) is 0.112. The number of benzene rings is 3. The summed E-state index contributed by atoms with van der Waals surface area (Å²) in [6, 6.07) is 22.6. The molecule has 0 radical (unpaired) electrons. The van der Waals surface area contributed by atoms with E-state index in [4.69, 9.17) is 4.98 Å². The Balaban J connectivity index is 1.78. The number of carbonyl (C=O) groups excluding carboxylic acids is 1. The Labute approximate surface area is 169 Å². The Kier molecular flexibility index (Phi) is 5.09. The Morgan fingerprint density at radius 2 is 1.69 bits per heavy atom. The molecule has 1 heterocycles. The van der Waals surface area contributed by atoms with Crippen LogP contribution in [0.3, 0.4) is 0 Å². The zero-order valence-electron chi connectivity index (χ0n) is 16.4. The Morgan fingerprint density at radius 3 is 2.48 bits per heavy atom. The number of nitrogens with zero attached hydrogens (tertiary/aromatic N) is 1. The maximum atomic E-state index is 14.1. The van der Waals surface area contributed by atoms with Crippen LogP contribution in [0.5, 0.6) is 0 Å². The summed E-state index contributed by atoms with van der Waals surface area (Å²) in [5, 5.41) is 3.71. The first-order valence-electron chi connectivity index (χ1n) is 9.52. The molecule has 4 rings (SSSR count). The summed E-state index contributed by atoms with van der Waals surface area (Å²) in [5.41, 5.74) is 5.63. The number of nitrogens with one attached hydrogen (secondary N) is 1. The van der Waals surface area contributed by atoms with Crippen LogP contribution in [0.4, 0.5) is 10.1 Å². The second-order valence-corrected chi connectivity index (χ2v) is 7.14. The number of aromatic nitrogens is 1. The first-order chi connectivity index (χ1) is 14.0. The quantitative estimate of drug-likeness (QED) is 0.480. The zero-order chi connectivity index (χ0) is 20.4. The fourth-order valence-electron chi connectivity index (χ4n) is 3.61. The molecule has 0 fully saturated rings. The highest BCUT2D eigenvalue weighted by molar-refractivity contribution is 6.00. The van der Waals surface area contributed by atoms with Gasteiger partial charge in [-0.2, -0.15) is 0 Å².